The molecule has 0 aromatic carbocycles. The Morgan fingerprint density at radius 2 is 2.15 bits per heavy atom. The first-order chi connectivity index (χ1) is 6.00. The molecule has 2 atom stereocenters. The Labute approximate surface area is 75.4 Å². The maximum atomic E-state index is 13.2. The van der Waals surface area contributed by atoms with Crippen molar-refractivity contribution in [2.75, 3.05) is 13.1 Å². The van der Waals surface area contributed by atoms with Crippen molar-refractivity contribution < 1.29 is 8.78 Å². The molecule has 1 saturated carbocycles. The summed E-state index contributed by atoms with van der Waals surface area (Å²) in [6.45, 7) is 0.794. The van der Waals surface area contributed by atoms with Crippen LogP contribution in [-0.2, 0) is 0 Å². The Bertz CT molecular complexity index is 242. The van der Waals surface area contributed by atoms with Crippen molar-refractivity contribution in [1.29, 1.82) is 5.41 Å². The minimum absolute atomic E-state index is 0.00801. The smallest absolute Gasteiger partial charge is 0.252 e. The van der Waals surface area contributed by atoms with Gasteiger partial charge in [-0.15, -0.1) is 0 Å². The Hall–Kier alpha value is -0.870. The first-order valence-corrected chi connectivity index (χ1v) is 4.47. The molecule has 1 saturated heterocycles. The molecule has 2 unspecified atom stereocenters. The summed E-state index contributed by atoms with van der Waals surface area (Å²) in [5.74, 6) is -3.14. The lowest BCUT2D eigenvalue weighted by atomic mass is 9.99. The summed E-state index contributed by atoms with van der Waals surface area (Å²) >= 11 is 0. The molecule has 0 aromatic rings. The van der Waals surface area contributed by atoms with E-state index < -0.39 is 11.8 Å². The maximum absolute atomic E-state index is 13.2. The molecule has 1 aliphatic carbocycles. The summed E-state index contributed by atoms with van der Waals surface area (Å²) < 4.78 is 26.4. The minimum atomic E-state index is -2.53. The van der Waals surface area contributed by atoms with Crippen LogP contribution in [0.25, 0.3) is 0 Å². The van der Waals surface area contributed by atoms with Crippen LogP contribution in [0.3, 0.4) is 0 Å². The molecule has 3 N–H and O–H groups in total. The third-order valence-corrected chi connectivity index (χ3v) is 3.17. The molecule has 0 radical (unpaired) electrons. The van der Waals surface area contributed by atoms with Crippen LogP contribution >= 0.6 is 0 Å². The van der Waals surface area contributed by atoms with Gasteiger partial charge in [0, 0.05) is 25.4 Å². The van der Waals surface area contributed by atoms with Crippen molar-refractivity contribution >= 4 is 5.96 Å². The SMILES string of the molecule is N=C(N)N1CC2CCC(F)(F)C2C1. The molecule has 0 bridgehead atoms. The standard InChI is InChI=1S/C8H13F2N3/c9-8(10)2-1-5-3-13(7(11)12)4-6(5)8/h5-6H,1-4H2,(H3,11,12). The summed E-state index contributed by atoms with van der Waals surface area (Å²) in [5.41, 5.74) is 5.25. The summed E-state index contributed by atoms with van der Waals surface area (Å²) in [7, 11) is 0. The number of nitrogens with zero attached hydrogens (tertiary/aromatic N) is 1. The Kier molecular flexibility index (Phi) is 1.72. The average Bonchev–Trinajstić information content (AvgIpc) is 2.53. The van der Waals surface area contributed by atoms with Gasteiger partial charge in [0.1, 0.15) is 0 Å². The van der Waals surface area contributed by atoms with Crippen molar-refractivity contribution in [2.45, 2.75) is 18.8 Å². The lowest BCUT2D eigenvalue weighted by Gasteiger charge is -2.19. The summed E-state index contributed by atoms with van der Waals surface area (Å²) in [6.07, 6.45) is 0.579. The number of hydrogen-bond acceptors (Lipinski definition) is 1. The highest BCUT2D eigenvalue weighted by Crippen LogP contribution is 2.47. The molecular weight excluding hydrogens is 176 g/mol. The van der Waals surface area contributed by atoms with E-state index in [4.69, 9.17) is 11.1 Å². The van der Waals surface area contributed by atoms with E-state index in [-0.39, 0.29) is 24.8 Å². The molecule has 2 fully saturated rings. The second-order valence-electron chi connectivity index (χ2n) is 3.96. The molecule has 3 nitrogen and oxygen atoms in total. The van der Waals surface area contributed by atoms with E-state index in [9.17, 15) is 8.78 Å². The number of nitrogens with two attached hydrogens (primary N) is 1. The molecule has 1 aliphatic heterocycles. The normalized spacial score (nSPS) is 36.3. The number of fused-ring (bicyclic) bond motifs is 1. The summed E-state index contributed by atoms with van der Waals surface area (Å²) in [5, 5.41) is 7.16. The fourth-order valence-electron chi connectivity index (χ4n) is 2.40. The minimum Gasteiger partial charge on any atom is -0.370 e. The van der Waals surface area contributed by atoms with Crippen molar-refractivity contribution in [2.24, 2.45) is 17.6 Å². The number of guanidine groups is 1. The third-order valence-electron chi connectivity index (χ3n) is 3.17. The molecule has 0 aromatic heterocycles. The van der Waals surface area contributed by atoms with Gasteiger partial charge in [0.25, 0.3) is 5.92 Å². The predicted molar refractivity (Wildman–Crippen MR) is 44.6 cm³/mol. The van der Waals surface area contributed by atoms with Gasteiger partial charge >= 0.3 is 0 Å². The van der Waals surface area contributed by atoms with Gasteiger partial charge in [-0.2, -0.15) is 0 Å². The quantitative estimate of drug-likeness (QED) is 0.438. The molecule has 74 valence electrons. The van der Waals surface area contributed by atoms with Crippen LogP contribution < -0.4 is 5.73 Å². The molecular formula is C8H13F2N3. The lowest BCUT2D eigenvalue weighted by Crippen LogP contribution is -2.37. The molecule has 1 heterocycles. The fraction of sp³-hybridized carbons (Fsp3) is 0.875. The van der Waals surface area contributed by atoms with Gasteiger partial charge in [0.2, 0.25) is 0 Å². The van der Waals surface area contributed by atoms with Gasteiger partial charge in [0.15, 0.2) is 5.96 Å². The van der Waals surface area contributed by atoms with Gasteiger partial charge in [-0.3, -0.25) is 5.41 Å². The van der Waals surface area contributed by atoms with E-state index in [2.05, 4.69) is 0 Å². The second kappa shape index (κ2) is 2.56. The third kappa shape index (κ3) is 1.26. The number of nitrogens with one attached hydrogen (secondary N) is 1. The van der Waals surface area contributed by atoms with Crippen molar-refractivity contribution in [3.63, 3.8) is 0 Å². The Morgan fingerprint density at radius 3 is 2.69 bits per heavy atom. The van der Waals surface area contributed by atoms with Crippen molar-refractivity contribution in [1.82, 2.24) is 4.90 Å². The van der Waals surface area contributed by atoms with Crippen LogP contribution in [-0.4, -0.2) is 29.9 Å². The van der Waals surface area contributed by atoms with Gasteiger partial charge < -0.3 is 10.6 Å². The number of hydrogen-bond donors (Lipinski definition) is 2. The zero-order valence-electron chi connectivity index (χ0n) is 7.26. The van der Waals surface area contributed by atoms with E-state index >= 15 is 0 Å². The number of rotatable bonds is 0. The maximum Gasteiger partial charge on any atom is 0.252 e. The summed E-state index contributed by atoms with van der Waals surface area (Å²) in [6, 6.07) is 0. The van der Waals surface area contributed by atoms with Crippen LogP contribution in [0, 0.1) is 17.2 Å². The van der Waals surface area contributed by atoms with Gasteiger partial charge in [-0.25, -0.2) is 8.78 Å². The van der Waals surface area contributed by atoms with Crippen LogP contribution in [0.4, 0.5) is 8.78 Å². The van der Waals surface area contributed by atoms with Crippen molar-refractivity contribution in [3.8, 4) is 0 Å². The first-order valence-electron chi connectivity index (χ1n) is 4.47. The highest BCUT2D eigenvalue weighted by atomic mass is 19.3. The first kappa shape index (κ1) is 8.72. The highest BCUT2D eigenvalue weighted by Gasteiger charge is 2.54. The zero-order valence-corrected chi connectivity index (χ0v) is 7.26. The molecule has 5 heteroatoms. The monoisotopic (exact) mass is 189 g/mol. The molecule has 2 rings (SSSR count). The summed E-state index contributed by atoms with van der Waals surface area (Å²) in [4.78, 5) is 1.54. The van der Waals surface area contributed by atoms with Gasteiger partial charge in [-0.1, -0.05) is 0 Å². The van der Waals surface area contributed by atoms with E-state index in [0.29, 0.717) is 13.0 Å². The lowest BCUT2D eigenvalue weighted by molar-refractivity contribution is -0.0380. The average molecular weight is 189 g/mol. The second-order valence-corrected chi connectivity index (χ2v) is 3.96. The Balaban J connectivity index is 2.10. The molecule has 2 aliphatic rings. The number of halogens is 2. The predicted octanol–water partition coefficient (Wildman–Crippen LogP) is 0.857. The van der Waals surface area contributed by atoms with Gasteiger partial charge in [-0.05, 0) is 12.3 Å². The van der Waals surface area contributed by atoms with E-state index in [0.717, 1.165) is 0 Å². The van der Waals surface area contributed by atoms with E-state index in [1.165, 1.54) is 0 Å². The van der Waals surface area contributed by atoms with Crippen LogP contribution in [0.5, 0.6) is 0 Å². The van der Waals surface area contributed by atoms with Crippen LogP contribution in [0.1, 0.15) is 12.8 Å². The van der Waals surface area contributed by atoms with E-state index in [1.807, 2.05) is 0 Å². The zero-order chi connectivity index (χ0) is 9.64. The Morgan fingerprint density at radius 1 is 1.46 bits per heavy atom. The number of likely N-dealkylation sites (tertiary alicyclic amines) is 1. The molecule has 0 amide bonds. The van der Waals surface area contributed by atoms with Crippen molar-refractivity contribution in [3.05, 3.63) is 0 Å². The van der Waals surface area contributed by atoms with Gasteiger partial charge in [0.05, 0.1) is 0 Å². The largest absolute Gasteiger partial charge is 0.370 e. The number of alkyl halides is 2. The molecule has 13 heavy (non-hydrogen) atoms. The van der Waals surface area contributed by atoms with Crippen LogP contribution in [0.15, 0.2) is 0 Å². The molecule has 0 spiro atoms. The van der Waals surface area contributed by atoms with Crippen LogP contribution in [0.2, 0.25) is 0 Å². The topological polar surface area (TPSA) is 53.1 Å². The fourth-order valence-corrected chi connectivity index (χ4v) is 2.40. The van der Waals surface area contributed by atoms with E-state index in [1.54, 1.807) is 4.90 Å². The highest BCUT2D eigenvalue weighted by molar-refractivity contribution is 5.75.